The van der Waals surface area contributed by atoms with Gasteiger partial charge in [-0.1, -0.05) is 80.4 Å². The first-order valence-corrected chi connectivity index (χ1v) is 10.2. The van der Waals surface area contributed by atoms with E-state index in [1.54, 1.807) is 4.90 Å². The predicted molar refractivity (Wildman–Crippen MR) is 114 cm³/mol. The minimum Gasteiger partial charge on any atom is -0.354 e. The van der Waals surface area contributed by atoms with Crippen LogP contribution in [-0.4, -0.2) is 29.3 Å². The summed E-state index contributed by atoms with van der Waals surface area (Å²) in [7, 11) is 0. The molecule has 2 rings (SSSR count). The van der Waals surface area contributed by atoms with Crippen LogP contribution in [0, 0.1) is 6.92 Å². The first kappa shape index (κ1) is 21.7. The summed E-state index contributed by atoms with van der Waals surface area (Å²) in [6, 6.07) is 17.5. The van der Waals surface area contributed by atoms with Crippen molar-refractivity contribution in [1.29, 1.82) is 0 Å². The molecule has 0 spiro atoms. The van der Waals surface area contributed by atoms with Gasteiger partial charge >= 0.3 is 0 Å². The average Bonchev–Trinajstić information content (AvgIpc) is 2.71. The number of carbonyl (C=O) groups excluding carboxylic acids is 2. The van der Waals surface area contributed by atoms with E-state index in [0.29, 0.717) is 25.9 Å². The number of unbranched alkanes of at least 4 members (excludes halogenated alkanes) is 1. The molecule has 0 radical (unpaired) electrons. The Labute approximate surface area is 169 Å². The Kier molecular flexibility index (Phi) is 8.73. The molecule has 2 amide bonds. The van der Waals surface area contributed by atoms with Crippen LogP contribution in [0.2, 0.25) is 0 Å². The van der Waals surface area contributed by atoms with E-state index < -0.39 is 6.04 Å². The van der Waals surface area contributed by atoms with Crippen LogP contribution in [-0.2, 0) is 22.6 Å². The molecule has 0 heterocycles. The number of aryl methyl sites for hydroxylation is 1. The van der Waals surface area contributed by atoms with Gasteiger partial charge in [-0.2, -0.15) is 0 Å². The molecule has 0 aliphatic heterocycles. The summed E-state index contributed by atoms with van der Waals surface area (Å²) in [6.07, 6.45) is 2.84. The van der Waals surface area contributed by atoms with Gasteiger partial charge in [-0.25, -0.2) is 0 Å². The van der Waals surface area contributed by atoms with Crippen LogP contribution < -0.4 is 5.32 Å². The molecule has 0 bridgehead atoms. The zero-order valence-corrected chi connectivity index (χ0v) is 17.3. The molecule has 2 aromatic rings. The maximum absolute atomic E-state index is 13.0. The standard InChI is InChI=1S/C24H32N2O2/c1-4-6-15-25-24(28)22(17-20-12-8-7-9-13-20)26(23(27)5-2)18-21-14-10-11-19(3)16-21/h7-14,16,22H,4-6,15,17-18H2,1-3H3,(H,25,28)/t22-/m1/s1. The largest absolute Gasteiger partial charge is 0.354 e. The van der Waals surface area contributed by atoms with Gasteiger partial charge in [0.05, 0.1) is 0 Å². The SMILES string of the molecule is CCCCNC(=O)[C@@H](Cc1ccccc1)N(Cc1cccc(C)c1)C(=O)CC. The lowest BCUT2D eigenvalue weighted by Crippen LogP contribution is -2.50. The molecule has 150 valence electrons. The lowest BCUT2D eigenvalue weighted by Gasteiger charge is -2.31. The maximum Gasteiger partial charge on any atom is 0.243 e. The van der Waals surface area contributed by atoms with Crippen molar-refractivity contribution < 1.29 is 9.59 Å². The zero-order valence-electron chi connectivity index (χ0n) is 17.3. The highest BCUT2D eigenvalue weighted by Gasteiger charge is 2.29. The van der Waals surface area contributed by atoms with Gasteiger partial charge in [-0.3, -0.25) is 9.59 Å². The Morgan fingerprint density at radius 1 is 1.00 bits per heavy atom. The molecule has 0 saturated carbocycles. The van der Waals surface area contributed by atoms with Crippen LogP contribution >= 0.6 is 0 Å². The van der Waals surface area contributed by atoms with Gasteiger partial charge in [-0.05, 0) is 24.5 Å². The van der Waals surface area contributed by atoms with Crippen LogP contribution in [0.1, 0.15) is 49.8 Å². The van der Waals surface area contributed by atoms with Crippen molar-refractivity contribution in [3.63, 3.8) is 0 Å². The van der Waals surface area contributed by atoms with Crippen molar-refractivity contribution in [2.75, 3.05) is 6.54 Å². The molecule has 0 aromatic heterocycles. The number of hydrogen-bond donors (Lipinski definition) is 1. The monoisotopic (exact) mass is 380 g/mol. The molecule has 28 heavy (non-hydrogen) atoms. The van der Waals surface area contributed by atoms with E-state index in [1.807, 2.05) is 62.4 Å². The van der Waals surface area contributed by atoms with Crippen molar-refractivity contribution in [3.05, 3.63) is 71.3 Å². The minimum absolute atomic E-state index is 0.00641. The molecule has 0 saturated heterocycles. The molecule has 0 fully saturated rings. The van der Waals surface area contributed by atoms with E-state index in [-0.39, 0.29) is 11.8 Å². The number of carbonyl (C=O) groups is 2. The molecule has 4 nitrogen and oxygen atoms in total. The van der Waals surface area contributed by atoms with Gasteiger partial charge in [0.25, 0.3) is 0 Å². The first-order chi connectivity index (χ1) is 13.5. The number of nitrogens with zero attached hydrogens (tertiary/aromatic N) is 1. The fourth-order valence-corrected chi connectivity index (χ4v) is 3.27. The highest BCUT2D eigenvalue weighted by Crippen LogP contribution is 2.16. The Bertz CT molecular complexity index is 758. The summed E-state index contributed by atoms with van der Waals surface area (Å²) in [6.45, 7) is 7.05. The van der Waals surface area contributed by atoms with Crippen LogP contribution in [0.25, 0.3) is 0 Å². The minimum atomic E-state index is -0.521. The second kappa shape index (κ2) is 11.3. The Morgan fingerprint density at radius 2 is 1.71 bits per heavy atom. The molecule has 0 aliphatic rings. The normalized spacial score (nSPS) is 11.7. The molecule has 0 aliphatic carbocycles. The number of hydrogen-bond acceptors (Lipinski definition) is 2. The van der Waals surface area contributed by atoms with Crippen molar-refractivity contribution in [1.82, 2.24) is 10.2 Å². The van der Waals surface area contributed by atoms with Crippen molar-refractivity contribution >= 4 is 11.8 Å². The van der Waals surface area contributed by atoms with E-state index >= 15 is 0 Å². The summed E-state index contributed by atoms with van der Waals surface area (Å²) in [5.74, 6) is -0.0835. The molecule has 2 aromatic carbocycles. The summed E-state index contributed by atoms with van der Waals surface area (Å²) >= 11 is 0. The van der Waals surface area contributed by atoms with E-state index in [4.69, 9.17) is 0 Å². The fraction of sp³-hybridized carbons (Fsp3) is 0.417. The van der Waals surface area contributed by atoms with Gasteiger partial charge in [-0.15, -0.1) is 0 Å². The maximum atomic E-state index is 13.0. The second-order valence-electron chi connectivity index (χ2n) is 7.21. The quantitative estimate of drug-likeness (QED) is 0.626. The third-order valence-corrected chi connectivity index (χ3v) is 4.84. The zero-order chi connectivity index (χ0) is 20.4. The Morgan fingerprint density at radius 3 is 2.36 bits per heavy atom. The lowest BCUT2D eigenvalue weighted by atomic mass is 10.0. The van der Waals surface area contributed by atoms with Crippen LogP contribution in [0.3, 0.4) is 0 Å². The Balaban J connectivity index is 2.30. The molecule has 1 N–H and O–H groups in total. The van der Waals surface area contributed by atoms with Gasteiger partial charge in [0.2, 0.25) is 11.8 Å². The highest BCUT2D eigenvalue weighted by atomic mass is 16.2. The van der Waals surface area contributed by atoms with Gasteiger partial charge in [0, 0.05) is 25.9 Å². The summed E-state index contributed by atoms with van der Waals surface area (Å²) in [4.78, 5) is 27.6. The summed E-state index contributed by atoms with van der Waals surface area (Å²) in [5.41, 5.74) is 3.24. The molecule has 0 unspecified atom stereocenters. The van der Waals surface area contributed by atoms with E-state index in [9.17, 15) is 9.59 Å². The van der Waals surface area contributed by atoms with Gasteiger partial charge < -0.3 is 10.2 Å². The van der Waals surface area contributed by atoms with Crippen LogP contribution in [0.5, 0.6) is 0 Å². The number of rotatable bonds is 10. The van der Waals surface area contributed by atoms with E-state index in [2.05, 4.69) is 18.3 Å². The second-order valence-corrected chi connectivity index (χ2v) is 7.21. The van der Waals surface area contributed by atoms with Crippen LogP contribution in [0.15, 0.2) is 54.6 Å². The summed E-state index contributed by atoms with van der Waals surface area (Å²) < 4.78 is 0. The third kappa shape index (κ3) is 6.52. The number of nitrogens with one attached hydrogen (secondary N) is 1. The molecule has 1 atom stereocenters. The molecular formula is C24H32N2O2. The van der Waals surface area contributed by atoms with E-state index in [1.165, 1.54) is 0 Å². The Hall–Kier alpha value is -2.62. The average molecular weight is 381 g/mol. The topological polar surface area (TPSA) is 49.4 Å². The van der Waals surface area contributed by atoms with Crippen molar-refractivity contribution in [3.8, 4) is 0 Å². The summed E-state index contributed by atoms with van der Waals surface area (Å²) in [5, 5.41) is 3.03. The van der Waals surface area contributed by atoms with Crippen LogP contribution in [0.4, 0.5) is 0 Å². The number of amides is 2. The van der Waals surface area contributed by atoms with Crippen molar-refractivity contribution in [2.45, 2.75) is 59.0 Å². The van der Waals surface area contributed by atoms with Gasteiger partial charge in [0.1, 0.15) is 6.04 Å². The van der Waals surface area contributed by atoms with E-state index in [0.717, 1.165) is 29.5 Å². The predicted octanol–water partition coefficient (Wildman–Crippen LogP) is 4.26. The lowest BCUT2D eigenvalue weighted by molar-refractivity contribution is -0.141. The number of benzene rings is 2. The molecule has 4 heteroatoms. The smallest absolute Gasteiger partial charge is 0.243 e. The highest BCUT2D eigenvalue weighted by molar-refractivity contribution is 5.87. The first-order valence-electron chi connectivity index (χ1n) is 10.2. The molecular weight excluding hydrogens is 348 g/mol. The van der Waals surface area contributed by atoms with Gasteiger partial charge in [0.15, 0.2) is 0 Å². The third-order valence-electron chi connectivity index (χ3n) is 4.84. The van der Waals surface area contributed by atoms with Crippen molar-refractivity contribution in [2.24, 2.45) is 0 Å². The fourth-order valence-electron chi connectivity index (χ4n) is 3.27.